The molecule has 1 saturated heterocycles. The smallest absolute Gasteiger partial charge is 0.223 e. The zero-order valence-electron chi connectivity index (χ0n) is 16.2. The van der Waals surface area contributed by atoms with Crippen LogP contribution >= 0.6 is 11.3 Å². The van der Waals surface area contributed by atoms with E-state index in [1.807, 2.05) is 0 Å². The van der Waals surface area contributed by atoms with Gasteiger partial charge in [-0.05, 0) is 69.6 Å². The van der Waals surface area contributed by atoms with E-state index in [1.165, 1.54) is 41.5 Å². The van der Waals surface area contributed by atoms with Crippen molar-refractivity contribution in [3.63, 3.8) is 0 Å². The number of aromatic nitrogens is 1. The van der Waals surface area contributed by atoms with Gasteiger partial charge in [0.15, 0.2) is 5.13 Å². The highest BCUT2D eigenvalue weighted by molar-refractivity contribution is 7.22. The van der Waals surface area contributed by atoms with Crippen LogP contribution < -0.4 is 10.2 Å². The van der Waals surface area contributed by atoms with Crippen LogP contribution in [0.15, 0.2) is 29.8 Å². The van der Waals surface area contributed by atoms with E-state index in [-0.39, 0.29) is 11.8 Å². The first-order valence-electron chi connectivity index (χ1n) is 10.3. The third-order valence-electron chi connectivity index (χ3n) is 5.80. The van der Waals surface area contributed by atoms with E-state index in [2.05, 4.69) is 41.4 Å². The van der Waals surface area contributed by atoms with Gasteiger partial charge in [0.2, 0.25) is 5.91 Å². The van der Waals surface area contributed by atoms with E-state index in [4.69, 9.17) is 4.98 Å². The van der Waals surface area contributed by atoms with E-state index in [0.717, 1.165) is 49.5 Å². The Bertz CT molecular complexity index is 833. The number of carbonyl (C=O) groups is 1. The van der Waals surface area contributed by atoms with Crippen LogP contribution in [0, 0.1) is 12.8 Å². The Hall–Kier alpha value is -1.88. The summed E-state index contributed by atoms with van der Waals surface area (Å²) in [5, 5.41) is 4.27. The van der Waals surface area contributed by atoms with Crippen molar-refractivity contribution in [3.8, 4) is 0 Å². The lowest BCUT2D eigenvalue weighted by molar-refractivity contribution is -0.125. The Morgan fingerprint density at radius 2 is 2.15 bits per heavy atom. The second-order valence-corrected chi connectivity index (χ2v) is 8.89. The number of thiazole rings is 1. The minimum absolute atomic E-state index is 0.151. The van der Waals surface area contributed by atoms with Crippen LogP contribution in [0.5, 0.6) is 0 Å². The Morgan fingerprint density at radius 1 is 1.30 bits per heavy atom. The predicted molar refractivity (Wildman–Crippen MR) is 113 cm³/mol. The van der Waals surface area contributed by atoms with Crippen LogP contribution in [0.25, 0.3) is 10.2 Å². The van der Waals surface area contributed by atoms with E-state index < -0.39 is 0 Å². The third kappa shape index (κ3) is 4.52. The zero-order chi connectivity index (χ0) is 18.6. The quantitative estimate of drug-likeness (QED) is 0.752. The zero-order valence-corrected chi connectivity index (χ0v) is 17.0. The summed E-state index contributed by atoms with van der Waals surface area (Å²) in [5.74, 6) is 0.393. The summed E-state index contributed by atoms with van der Waals surface area (Å²) in [5.41, 5.74) is 3.89. The van der Waals surface area contributed by atoms with Gasteiger partial charge in [0.25, 0.3) is 0 Å². The number of nitrogens with one attached hydrogen (secondary N) is 1. The van der Waals surface area contributed by atoms with Gasteiger partial charge in [-0.3, -0.25) is 4.79 Å². The maximum atomic E-state index is 12.5. The Labute approximate surface area is 165 Å². The van der Waals surface area contributed by atoms with Crippen molar-refractivity contribution >= 4 is 32.6 Å². The number of hydrogen-bond donors (Lipinski definition) is 1. The molecule has 144 valence electrons. The van der Waals surface area contributed by atoms with Gasteiger partial charge in [0.05, 0.1) is 10.2 Å². The molecule has 1 aliphatic carbocycles. The molecule has 27 heavy (non-hydrogen) atoms. The third-order valence-corrected chi connectivity index (χ3v) is 6.88. The molecule has 1 aromatic carbocycles. The lowest BCUT2D eigenvalue weighted by atomic mass is 9.95. The first-order valence-corrected chi connectivity index (χ1v) is 11.1. The molecule has 0 spiro atoms. The van der Waals surface area contributed by atoms with E-state index in [9.17, 15) is 4.79 Å². The van der Waals surface area contributed by atoms with Gasteiger partial charge < -0.3 is 10.2 Å². The van der Waals surface area contributed by atoms with E-state index in [0.29, 0.717) is 0 Å². The van der Waals surface area contributed by atoms with Crippen LogP contribution in [-0.2, 0) is 4.79 Å². The molecule has 0 saturated carbocycles. The SMILES string of the molecule is Cc1ccc2nc(N3CCC(C(=O)NCCC4=CCCCC4)CC3)sc2c1. The average molecular weight is 384 g/mol. The minimum Gasteiger partial charge on any atom is -0.356 e. The van der Waals surface area contributed by atoms with Crippen molar-refractivity contribution in [1.82, 2.24) is 10.3 Å². The summed E-state index contributed by atoms with van der Waals surface area (Å²) in [6, 6.07) is 6.43. The summed E-state index contributed by atoms with van der Waals surface area (Å²) in [6.45, 7) is 4.75. The molecule has 1 aliphatic heterocycles. The number of piperidine rings is 1. The molecule has 0 bridgehead atoms. The first-order chi connectivity index (χ1) is 13.2. The predicted octanol–water partition coefficient (Wildman–Crippen LogP) is 4.83. The Balaban J connectivity index is 1.26. The van der Waals surface area contributed by atoms with Crippen LogP contribution in [0.3, 0.4) is 0 Å². The van der Waals surface area contributed by atoms with E-state index >= 15 is 0 Å². The number of amides is 1. The minimum atomic E-state index is 0.151. The van der Waals surface area contributed by atoms with Crippen LogP contribution in [0.4, 0.5) is 5.13 Å². The van der Waals surface area contributed by atoms with Gasteiger partial charge in [-0.25, -0.2) is 4.98 Å². The van der Waals surface area contributed by atoms with Gasteiger partial charge in [0, 0.05) is 25.6 Å². The fourth-order valence-corrected chi connectivity index (χ4v) is 5.23. The number of allylic oxidation sites excluding steroid dienone is 1. The number of anilines is 1. The van der Waals surface area contributed by atoms with Crippen LogP contribution in [0.2, 0.25) is 0 Å². The highest BCUT2D eigenvalue weighted by Crippen LogP contribution is 2.32. The molecule has 0 radical (unpaired) electrons. The standard InChI is InChI=1S/C22H29N3OS/c1-16-7-8-19-20(15-16)27-22(24-19)25-13-10-18(11-14-25)21(26)23-12-9-17-5-3-2-4-6-17/h5,7-8,15,18H,2-4,6,9-14H2,1H3,(H,23,26). The molecule has 5 heteroatoms. The number of hydrogen-bond acceptors (Lipinski definition) is 4. The second-order valence-electron chi connectivity index (χ2n) is 7.88. The second kappa shape index (κ2) is 8.42. The van der Waals surface area contributed by atoms with Crippen molar-refractivity contribution in [3.05, 3.63) is 35.4 Å². The van der Waals surface area contributed by atoms with Gasteiger partial charge in [-0.1, -0.05) is 29.1 Å². The Kier molecular flexibility index (Phi) is 5.77. The van der Waals surface area contributed by atoms with Gasteiger partial charge in [-0.2, -0.15) is 0 Å². The van der Waals surface area contributed by atoms with Crippen molar-refractivity contribution < 1.29 is 4.79 Å². The lowest BCUT2D eigenvalue weighted by Gasteiger charge is -2.31. The number of carbonyl (C=O) groups excluding carboxylic acids is 1. The van der Waals surface area contributed by atoms with Gasteiger partial charge in [-0.15, -0.1) is 0 Å². The van der Waals surface area contributed by atoms with Crippen LogP contribution in [0.1, 0.15) is 50.5 Å². The Morgan fingerprint density at radius 3 is 2.93 bits per heavy atom. The molecule has 4 nitrogen and oxygen atoms in total. The number of nitrogens with zero attached hydrogens (tertiary/aromatic N) is 2. The average Bonchev–Trinajstić information content (AvgIpc) is 3.12. The van der Waals surface area contributed by atoms with Gasteiger partial charge >= 0.3 is 0 Å². The molecule has 4 rings (SSSR count). The summed E-state index contributed by atoms with van der Waals surface area (Å²) < 4.78 is 1.25. The molecular formula is C22H29N3OS. The molecular weight excluding hydrogens is 354 g/mol. The number of benzene rings is 1. The topological polar surface area (TPSA) is 45.2 Å². The molecule has 1 fully saturated rings. The van der Waals surface area contributed by atoms with Gasteiger partial charge in [0.1, 0.15) is 0 Å². The molecule has 2 aromatic rings. The molecule has 1 N–H and O–H groups in total. The van der Waals surface area contributed by atoms with Crippen molar-refractivity contribution in [2.24, 2.45) is 5.92 Å². The van der Waals surface area contributed by atoms with Crippen molar-refractivity contribution in [1.29, 1.82) is 0 Å². The maximum Gasteiger partial charge on any atom is 0.223 e. The number of fused-ring (bicyclic) bond motifs is 1. The first kappa shape index (κ1) is 18.5. The maximum absolute atomic E-state index is 12.5. The summed E-state index contributed by atoms with van der Waals surface area (Å²) in [7, 11) is 0. The molecule has 2 aliphatic rings. The summed E-state index contributed by atoms with van der Waals surface area (Å²) in [6.07, 6.45) is 10.3. The lowest BCUT2D eigenvalue weighted by Crippen LogP contribution is -2.40. The monoisotopic (exact) mass is 383 g/mol. The highest BCUT2D eigenvalue weighted by Gasteiger charge is 2.26. The van der Waals surface area contributed by atoms with Crippen molar-refractivity contribution in [2.45, 2.75) is 51.9 Å². The highest BCUT2D eigenvalue weighted by atomic mass is 32.1. The molecule has 1 amide bonds. The molecule has 1 aromatic heterocycles. The molecule has 0 atom stereocenters. The number of aryl methyl sites for hydroxylation is 1. The summed E-state index contributed by atoms with van der Waals surface area (Å²) >= 11 is 1.77. The normalized spacial score (nSPS) is 18.6. The fourth-order valence-electron chi connectivity index (χ4n) is 4.11. The van der Waals surface area contributed by atoms with Crippen LogP contribution in [-0.4, -0.2) is 30.5 Å². The van der Waals surface area contributed by atoms with Crippen molar-refractivity contribution in [2.75, 3.05) is 24.5 Å². The van der Waals surface area contributed by atoms with E-state index in [1.54, 1.807) is 11.3 Å². The largest absolute Gasteiger partial charge is 0.356 e. The number of rotatable bonds is 5. The molecule has 0 unspecified atom stereocenters. The molecule has 2 heterocycles. The fraction of sp³-hybridized carbons (Fsp3) is 0.545. The summed E-state index contributed by atoms with van der Waals surface area (Å²) in [4.78, 5) is 19.6.